The molecule has 0 saturated heterocycles. The summed E-state index contributed by atoms with van der Waals surface area (Å²) in [6.45, 7) is 0. The smallest absolute Gasteiger partial charge is 0.288 e. The minimum absolute atomic E-state index is 0.144. The largest absolute Gasteiger partial charge is 0.350 e. The molecule has 0 aliphatic heterocycles. The number of benzene rings is 2. The van der Waals surface area contributed by atoms with Gasteiger partial charge in [0.1, 0.15) is 23.0 Å². The molecule has 0 aliphatic rings. The van der Waals surface area contributed by atoms with Gasteiger partial charge in [0.05, 0.1) is 12.5 Å². The summed E-state index contributed by atoms with van der Waals surface area (Å²) in [7, 11) is 0. The van der Waals surface area contributed by atoms with Crippen molar-refractivity contribution in [3.05, 3.63) is 84.1 Å². The fourth-order valence-corrected chi connectivity index (χ4v) is 2.74. The van der Waals surface area contributed by atoms with Crippen molar-refractivity contribution in [2.24, 2.45) is 0 Å². The van der Waals surface area contributed by atoms with Gasteiger partial charge in [0, 0.05) is 16.6 Å². The van der Waals surface area contributed by atoms with Crippen LogP contribution >= 0.6 is 0 Å². The number of nitrogens with zero attached hydrogens (tertiary/aromatic N) is 2. The summed E-state index contributed by atoms with van der Waals surface area (Å²) in [6.07, 6.45) is 2.72. The van der Waals surface area contributed by atoms with Gasteiger partial charge in [0.2, 0.25) is 0 Å². The number of aromatic nitrogens is 3. The van der Waals surface area contributed by atoms with Gasteiger partial charge in [-0.1, -0.05) is 0 Å². The SMILES string of the molecule is O=C(NNC(=O)c1cncn1-c1ccc(F)cc1)c1cc2cc(F)ccc2[nH]1. The normalized spacial score (nSPS) is 10.8. The highest BCUT2D eigenvalue weighted by Gasteiger charge is 2.15. The highest BCUT2D eigenvalue weighted by atomic mass is 19.1. The van der Waals surface area contributed by atoms with E-state index < -0.39 is 23.4 Å². The van der Waals surface area contributed by atoms with E-state index in [2.05, 4.69) is 20.8 Å². The lowest BCUT2D eigenvalue weighted by Gasteiger charge is -2.09. The Morgan fingerprint density at radius 3 is 2.43 bits per heavy atom. The Hall–Kier alpha value is -4.01. The zero-order valence-electron chi connectivity index (χ0n) is 14.2. The maximum atomic E-state index is 13.3. The molecule has 7 nitrogen and oxygen atoms in total. The van der Waals surface area contributed by atoms with Crippen molar-refractivity contribution in [2.75, 3.05) is 0 Å². The Bertz CT molecular complexity index is 1180. The number of amides is 2. The van der Waals surface area contributed by atoms with Crippen LogP contribution in [0.3, 0.4) is 0 Å². The fraction of sp³-hybridized carbons (Fsp3) is 0. The van der Waals surface area contributed by atoms with Gasteiger partial charge in [0.15, 0.2) is 0 Å². The number of imidazole rings is 1. The van der Waals surface area contributed by atoms with Gasteiger partial charge >= 0.3 is 0 Å². The Balaban J connectivity index is 1.48. The van der Waals surface area contributed by atoms with Crippen molar-refractivity contribution in [2.45, 2.75) is 0 Å². The monoisotopic (exact) mass is 381 g/mol. The van der Waals surface area contributed by atoms with Crippen LogP contribution in [0.5, 0.6) is 0 Å². The van der Waals surface area contributed by atoms with Gasteiger partial charge in [-0.15, -0.1) is 0 Å². The Kier molecular flexibility index (Phi) is 4.32. The molecule has 0 fully saturated rings. The minimum Gasteiger partial charge on any atom is -0.350 e. The Morgan fingerprint density at radius 2 is 1.64 bits per heavy atom. The molecular weight excluding hydrogens is 368 g/mol. The molecule has 0 unspecified atom stereocenters. The average molecular weight is 381 g/mol. The summed E-state index contributed by atoms with van der Waals surface area (Å²) in [6, 6.07) is 11.1. The van der Waals surface area contributed by atoms with Gasteiger partial charge < -0.3 is 4.98 Å². The first-order chi connectivity index (χ1) is 13.5. The van der Waals surface area contributed by atoms with E-state index in [-0.39, 0.29) is 11.4 Å². The zero-order chi connectivity index (χ0) is 19.7. The number of hydrazine groups is 1. The number of hydrogen-bond acceptors (Lipinski definition) is 3. The Morgan fingerprint density at radius 1 is 0.929 bits per heavy atom. The van der Waals surface area contributed by atoms with Crippen LogP contribution in [0.2, 0.25) is 0 Å². The van der Waals surface area contributed by atoms with E-state index in [1.165, 1.54) is 65.6 Å². The second kappa shape index (κ2) is 6.95. The summed E-state index contributed by atoms with van der Waals surface area (Å²) in [5.74, 6) is -2.03. The van der Waals surface area contributed by atoms with Crippen molar-refractivity contribution in [1.29, 1.82) is 0 Å². The van der Waals surface area contributed by atoms with E-state index in [1.54, 1.807) is 0 Å². The number of carbonyl (C=O) groups is 2. The van der Waals surface area contributed by atoms with Crippen LogP contribution in [0, 0.1) is 11.6 Å². The van der Waals surface area contributed by atoms with Crippen molar-refractivity contribution in [1.82, 2.24) is 25.4 Å². The van der Waals surface area contributed by atoms with Crippen molar-refractivity contribution in [3.63, 3.8) is 0 Å². The lowest BCUT2D eigenvalue weighted by atomic mass is 10.2. The molecule has 0 saturated carbocycles. The molecule has 140 valence electrons. The van der Waals surface area contributed by atoms with Crippen LogP contribution in [-0.2, 0) is 0 Å². The second-order valence-electron chi connectivity index (χ2n) is 5.95. The van der Waals surface area contributed by atoms with Gasteiger partial charge in [0.25, 0.3) is 11.8 Å². The molecule has 2 heterocycles. The topological polar surface area (TPSA) is 91.8 Å². The number of aromatic amines is 1. The fourth-order valence-electron chi connectivity index (χ4n) is 2.74. The number of hydrogen-bond donors (Lipinski definition) is 3. The van der Waals surface area contributed by atoms with Crippen LogP contribution in [0.1, 0.15) is 21.0 Å². The molecule has 2 aromatic carbocycles. The maximum absolute atomic E-state index is 13.3. The molecule has 2 amide bonds. The second-order valence-corrected chi connectivity index (χ2v) is 5.95. The van der Waals surface area contributed by atoms with Gasteiger partial charge in [-0.2, -0.15) is 0 Å². The number of fused-ring (bicyclic) bond motifs is 1. The zero-order valence-corrected chi connectivity index (χ0v) is 14.2. The average Bonchev–Trinajstić information content (AvgIpc) is 3.33. The third-order valence-corrected chi connectivity index (χ3v) is 4.09. The molecule has 0 aliphatic carbocycles. The maximum Gasteiger partial charge on any atom is 0.288 e. The van der Waals surface area contributed by atoms with Crippen LogP contribution in [0.25, 0.3) is 16.6 Å². The lowest BCUT2D eigenvalue weighted by Crippen LogP contribution is -2.42. The summed E-state index contributed by atoms with van der Waals surface area (Å²) in [5.41, 5.74) is 6.01. The van der Waals surface area contributed by atoms with Crippen LogP contribution in [0.15, 0.2) is 61.1 Å². The minimum atomic E-state index is -0.614. The quantitative estimate of drug-likeness (QED) is 0.477. The number of rotatable bonds is 3. The van der Waals surface area contributed by atoms with Crippen molar-refractivity contribution in [3.8, 4) is 5.69 Å². The highest BCUT2D eigenvalue weighted by Crippen LogP contribution is 2.16. The third kappa shape index (κ3) is 3.32. The molecule has 4 aromatic rings. The van der Waals surface area contributed by atoms with Crippen molar-refractivity contribution >= 4 is 22.7 Å². The Labute approximate surface area is 157 Å². The van der Waals surface area contributed by atoms with Crippen LogP contribution in [0.4, 0.5) is 8.78 Å². The standard InChI is InChI=1S/C19H13F2N5O2/c20-12-1-4-14(5-2-12)26-10-22-9-17(26)19(28)25-24-18(27)16-8-11-7-13(21)3-6-15(11)23-16/h1-10,23H,(H,24,27)(H,25,28). The summed E-state index contributed by atoms with van der Waals surface area (Å²) in [5, 5.41) is 0.533. The molecule has 0 bridgehead atoms. The summed E-state index contributed by atoms with van der Waals surface area (Å²) >= 11 is 0. The summed E-state index contributed by atoms with van der Waals surface area (Å²) in [4.78, 5) is 31.4. The predicted octanol–water partition coefficient (Wildman–Crippen LogP) is 2.71. The predicted molar refractivity (Wildman–Crippen MR) is 96.7 cm³/mol. The molecular formula is C19H13F2N5O2. The van der Waals surface area contributed by atoms with Gasteiger partial charge in [-0.3, -0.25) is 25.0 Å². The lowest BCUT2D eigenvalue weighted by molar-refractivity contribution is 0.0840. The van der Waals surface area contributed by atoms with E-state index in [4.69, 9.17) is 0 Å². The molecule has 3 N–H and O–H groups in total. The van der Waals surface area contributed by atoms with E-state index in [1.807, 2.05) is 0 Å². The van der Waals surface area contributed by atoms with E-state index >= 15 is 0 Å². The molecule has 28 heavy (non-hydrogen) atoms. The molecule has 0 spiro atoms. The van der Waals surface area contributed by atoms with Crippen molar-refractivity contribution < 1.29 is 18.4 Å². The van der Waals surface area contributed by atoms with E-state index in [9.17, 15) is 18.4 Å². The first-order valence-electron chi connectivity index (χ1n) is 8.18. The highest BCUT2D eigenvalue weighted by molar-refractivity contribution is 6.00. The van der Waals surface area contributed by atoms with E-state index in [0.29, 0.717) is 16.6 Å². The first-order valence-corrected chi connectivity index (χ1v) is 8.18. The third-order valence-electron chi connectivity index (χ3n) is 4.09. The first kappa shape index (κ1) is 17.4. The molecule has 9 heteroatoms. The number of halogens is 2. The molecule has 0 radical (unpaired) electrons. The molecule has 2 aromatic heterocycles. The van der Waals surface area contributed by atoms with Gasteiger partial charge in [-0.25, -0.2) is 13.8 Å². The molecule has 0 atom stereocenters. The van der Waals surface area contributed by atoms with Gasteiger partial charge in [-0.05, 0) is 48.5 Å². The number of carbonyl (C=O) groups excluding carboxylic acids is 2. The number of nitrogens with one attached hydrogen (secondary N) is 3. The number of H-pyrrole nitrogens is 1. The van der Waals surface area contributed by atoms with Crippen LogP contribution < -0.4 is 10.9 Å². The van der Waals surface area contributed by atoms with E-state index in [0.717, 1.165) is 0 Å². The summed E-state index contributed by atoms with van der Waals surface area (Å²) < 4.78 is 27.8. The van der Waals surface area contributed by atoms with Crippen LogP contribution in [-0.4, -0.2) is 26.3 Å². The molecule has 4 rings (SSSR count).